The van der Waals surface area contributed by atoms with E-state index in [1.165, 1.54) is 30.4 Å². The number of nitrogens with zero attached hydrogens (tertiary/aromatic N) is 1. The molecule has 1 aliphatic carbocycles. The summed E-state index contributed by atoms with van der Waals surface area (Å²) in [6.45, 7) is 5.98. The van der Waals surface area contributed by atoms with E-state index in [9.17, 15) is 4.79 Å². The van der Waals surface area contributed by atoms with Crippen LogP contribution in [0.3, 0.4) is 0 Å². The van der Waals surface area contributed by atoms with Crippen LogP contribution in [0.15, 0.2) is 18.2 Å². The number of hydrogen-bond acceptors (Lipinski definition) is 2. The molecule has 0 saturated carbocycles. The number of benzene rings is 1. The second-order valence-corrected chi connectivity index (χ2v) is 6.17. The monoisotopic (exact) mass is 308 g/mol. The Bertz CT molecular complexity index is 518. The molecule has 1 heterocycles. The molecular weight excluding hydrogens is 284 g/mol. The highest BCUT2D eigenvalue weighted by molar-refractivity contribution is 5.94. The summed E-state index contributed by atoms with van der Waals surface area (Å²) in [5, 5.41) is 3.42. The minimum Gasteiger partial charge on any atom is -0.333 e. The fourth-order valence-corrected chi connectivity index (χ4v) is 3.38. The number of fused-ring (bicyclic) bond motifs is 1. The molecule has 2 aliphatic rings. The van der Waals surface area contributed by atoms with Gasteiger partial charge >= 0.3 is 0 Å². The third-order valence-corrected chi connectivity index (χ3v) is 4.89. The lowest BCUT2D eigenvalue weighted by Gasteiger charge is -2.38. The second kappa shape index (κ2) is 6.80. The van der Waals surface area contributed by atoms with Gasteiger partial charge in [0, 0.05) is 30.7 Å². The molecule has 0 radical (unpaired) electrons. The molecule has 4 heteroatoms. The Hall–Kier alpha value is -1.06. The third-order valence-electron chi connectivity index (χ3n) is 4.89. The molecule has 1 aromatic carbocycles. The summed E-state index contributed by atoms with van der Waals surface area (Å²) >= 11 is 0. The lowest BCUT2D eigenvalue weighted by Crippen LogP contribution is -2.57. The normalized spacial score (nSPS) is 25.0. The van der Waals surface area contributed by atoms with E-state index in [1.807, 2.05) is 11.0 Å². The summed E-state index contributed by atoms with van der Waals surface area (Å²) in [6.07, 6.45) is 4.84. The van der Waals surface area contributed by atoms with E-state index < -0.39 is 0 Å². The van der Waals surface area contributed by atoms with E-state index in [0.717, 1.165) is 25.1 Å². The summed E-state index contributed by atoms with van der Waals surface area (Å²) in [7, 11) is 0. The average Bonchev–Trinajstić information content (AvgIpc) is 2.49. The van der Waals surface area contributed by atoms with Crippen molar-refractivity contribution in [2.24, 2.45) is 0 Å². The summed E-state index contributed by atoms with van der Waals surface area (Å²) < 4.78 is 0. The average molecular weight is 309 g/mol. The molecule has 3 rings (SSSR count). The second-order valence-electron chi connectivity index (χ2n) is 6.17. The van der Waals surface area contributed by atoms with Crippen LogP contribution in [0.2, 0.25) is 0 Å². The Labute approximate surface area is 133 Å². The van der Waals surface area contributed by atoms with Crippen molar-refractivity contribution in [1.29, 1.82) is 0 Å². The van der Waals surface area contributed by atoms with Crippen LogP contribution < -0.4 is 5.32 Å². The van der Waals surface area contributed by atoms with Gasteiger partial charge in [-0.05, 0) is 62.8 Å². The zero-order chi connectivity index (χ0) is 14.1. The van der Waals surface area contributed by atoms with E-state index in [2.05, 4.69) is 31.3 Å². The van der Waals surface area contributed by atoms with Gasteiger partial charge in [0.1, 0.15) is 0 Å². The third kappa shape index (κ3) is 3.24. The van der Waals surface area contributed by atoms with E-state index in [4.69, 9.17) is 0 Å². The van der Waals surface area contributed by atoms with Crippen molar-refractivity contribution >= 4 is 18.3 Å². The topological polar surface area (TPSA) is 32.3 Å². The fourth-order valence-electron chi connectivity index (χ4n) is 3.38. The molecule has 1 fully saturated rings. The Balaban J connectivity index is 0.00000161. The molecule has 2 atom stereocenters. The Morgan fingerprint density at radius 3 is 2.67 bits per heavy atom. The number of piperazine rings is 1. The smallest absolute Gasteiger partial charge is 0.254 e. The highest BCUT2D eigenvalue weighted by atomic mass is 35.5. The number of rotatable bonds is 1. The van der Waals surface area contributed by atoms with Crippen molar-refractivity contribution in [1.82, 2.24) is 10.2 Å². The molecule has 2 unspecified atom stereocenters. The highest BCUT2D eigenvalue weighted by Crippen LogP contribution is 2.23. The Morgan fingerprint density at radius 2 is 1.90 bits per heavy atom. The van der Waals surface area contributed by atoms with Gasteiger partial charge in [-0.1, -0.05) is 6.07 Å². The molecule has 116 valence electrons. The van der Waals surface area contributed by atoms with Gasteiger partial charge in [-0.3, -0.25) is 4.79 Å². The number of amides is 1. The van der Waals surface area contributed by atoms with Crippen molar-refractivity contribution in [3.05, 3.63) is 34.9 Å². The molecule has 0 spiro atoms. The van der Waals surface area contributed by atoms with Crippen LogP contribution in [0, 0.1) is 0 Å². The first kappa shape index (κ1) is 16.3. The van der Waals surface area contributed by atoms with Gasteiger partial charge in [0.2, 0.25) is 0 Å². The van der Waals surface area contributed by atoms with Gasteiger partial charge in [-0.25, -0.2) is 0 Å². The van der Waals surface area contributed by atoms with Crippen molar-refractivity contribution < 1.29 is 4.79 Å². The maximum atomic E-state index is 12.7. The number of carbonyl (C=O) groups excluding carboxylic acids is 1. The molecular formula is C17H25ClN2O. The zero-order valence-corrected chi connectivity index (χ0v) is 13.7. The van der Waals surface area contributed by atoms with Gasteiger partial charge in [0.05, 0.1) is 0 Å². The van der Waals surface area contributed by atoms with Crippen molar-refractivity contribution in [3.8, 4) is 0 Å². The van der Waals surface area contributed by atoms with Crippen LogP contribution in [0.25, 0.3) is 0 Å². The Morgan fingerprint density at radius 1 is 1.19 bits per heavy atom. The van der Waals surface area contributed by atoms with Crippen molar-refractivity contribution in [2.75, 3.05) is 13.1 Å². The minimum atomic E-state index is 0. The summed E-state index contributed by atoms with van der Waals surface area (Å²) in [5.74, 6) is 0.194. The fraction of sp³-hybridized carbons (Fsp3) is 0.588. The van der Waals surface area contributed by atoms with Crippen LogP contribution in [0.4, 0.5) is 0 Å². The van der Waals surface area contributed by atoms with Gasteiger partial charge in [0.15, 0.2) is 0 Å². The molecule has 1 saturated heterocycles. The van der Waals surface area contributed by atoms with Crippen LogP contribution in [-0.2, 0) is 12.8 Å². The molecule has 21 heavy (non-hydrogen) atoms. The first-order valence-corrected chi connectivity index (χ1v) is 7.83. The van der Waals surface area contributed by atoms with Crippen molar-refractivity contribution in [2.45, 2.75) is 51.6 Å². The first-order chi connectivity index (χ1) is 9.66. The lowest BCUT2D eigenvalue weighted by molar-refractivity contribution is 0.0603. The predicted molar refractivity (Wildman–Crippen MR) is 88.3 cm³/mol. The van der Waals surface area contributed by atoms with Gasteiger partial charge < -0.3 is 10.2 Å². The van der Waals surface area contributed by atoms with E-state index in [0.29, 0.717) is 6.04 Å². The molecule has 1 amide bonds. The van der Waals surface area contributed by atoms with E-state index in [-0.39, 0.29) is 24.4 Å². The molecule has 1 N–H and O–H groups in total. The standard InChI is InChI=1S/C17H24N2O.ClH/c1-12-13(2)19(10-9-18-12)17(20)16-8-7-14-5-3-4-6-15(14)11-16;/h7-8,11-13,18H,3-6,9-10H2,1-2H3;1H. The summed E-state index contributed by atoms with van der Waals surface area (Å²) in [4.78, 5) is 14.8. The summed E-state index contributed by atoms with van der Waals surface area (Å²) in [5.41, 5.74) is 3.69. The van der Waals surface area contributed by atoms with Crippen LogP contribution in [0.5, 0.6) is 0 Å². The predicted octanol–water partition coefficient (Wildman–Crippen LogP) is 2.81. The van der Waals surface area contributed by atoms with Gasteiger partial charge in [-0.2, -0.15) is 0 Å². The largest absolute Gasteiger partial charge is 0.333 e. The quantitative estimate of drug-likeness (QED) is 0.865. The molecule has 1 aliphatic heterocycles. The number of hydrogen-bond donors (Lipinski definition) is 1. The molecule has 3 nitrogen and oxygen atoms in total. The van der Waals surface area contributed by atoms with E-state index in [1.54, 1.807) is 0 Å². The maximum Gasteiger partial charge on any atom is 0.254 e. The highest BCUT2D eigenvalue weighted by Gasteiger charge is 2.29. The number of carbonyl (C=O) groups is 1. The number of nitrogens with one attached hydrogen (secondary N) is 1. The Kier molecular flexibility index (Phi) is 5.28. The summed E-state index contributed by atoms with van der Waals surface area (Å²) in [6, 6.07) is 6.94. The minimum absolute atomic E-state index is 0. The number of aryl methyl sites for hydroxylation is 2. The molecule has 0 aromatic heterocycles. The maximum absolute atomic E-state index is 12.7. The SMILES string of the molecule is CC1NCCN(C(=O)c2ccc3c(c2)CCCC3)C1C.Cl. The van der Waals surface area contributed by atoms with Gasteiger partial charge in [-0.15, -0.1) is 12.4 Å². The van der Waals surface area contributed by atoms with E-state index >= 15 is 0 Å². The van der Waals surface area contributed by atoms with Crippen LogP contribution >= 0.6 is 12.4 Å². The molecule has 0 bridgehead atoms. The molecule has 1 aromatic rings. The zero-order valence-electron chi connectivity index (χ0n) is 12.9. The van der Waals surface area contributed by atoms with Crippen LogP contribution in [-0.4, -0.2) is 36.0 Å². The first-order valence-electron chi connectivity index (χ1n) is 7.83. The van der Waals surface area contributed by atoms with Crippen molar-refractivity contribution in [3.63, 3.8) is 0 Å². The van der Waals surface area contributed by atoms with Crippen LogP contribution in [0.1, 0.15) is 48.2 Å². The van der Waals surface area contributed by atoms with Gasteiger partial charge in [0.25, 0.3) is 5.91 Å². The number of halogens is 1. The lowest BCUT2D eigenvalue weighted by atomic mass is 9.90.